The highest BCUT2D eigenvalue weighted by Gasteiger charge is 2.31. The first-order valence-electron chi connectivity index (χ1n) is 14.4. The maximum absolute atomic E-state index is 12.8. The Balaban J connectivity index is 1.34. The van der Waals surface area contributed by atoms with Gasteiger partial charge in [0, 0.05) is 51.0 Å². The fourth-order valence-corrected chi connectivity index (χ4v) is 5.52. The molecule has 5 N–H and O–H groups in total. The quantitative estimate of drug-likeness (QED) is 0.455. The third-order valence-electron chi connectivity index (χ3n) is 7.81. The van der Waals surface area contributed by atoms with E-state index in [1.807, 2.05) is 12.1 Å². The molecule has 11 heteroatoms. The van der Waals surface area contributed by atoms with Gasteiger partial charge in [-0.2, -0.15) is 4.98 Å². The second-order valence-electron chi connectivity index (χ2n) is 11.6. The SMILES string of the molecule is CCCN(Cc1ccc(-n2ccc(NC(=O)N3CCN(C(=O)C(C)(C)N)CC3)nc2=O)cc1)[C@H]1CC[C@H](N)CC1. The summed E-state index contributed by atoms with van der Waals surface area (Å²) in [7, 11) is 0. The highest BCUT2D eigenvalue weighted by Crippen LogP contribution is 2.24. The first kappa shape index (κ1) is 29.7. The number of rotatable bonds is 8. The van der Waals surface area contributed by atoms with Gasteiger partial charge in [-0.1, -0.05) is 19.1 Å². The van der Waals surface area contributed by atoms with E-state index < -0.39 is 11.2 Å². The Labute approximate surface area is 236 Å². The molecule has 1 aromatic heterocycles. The molecule has 0 radical (unpaired) electrons. The molecule has 40 heavy (non-hydrogen) atoms. The molecule has 0 atom stereocenters. The Bertz CT molecular complexity index is 1210. The molecule has 11 nitrogen and oxygen atoms in total. The summed E-state index contributed by atoms with van der Waals surface area (Å²) >= 11 is 0. The van der Waals surface area contributed by atoms with Crippen LogP contribution >= 0.6 is 0 Å². The predicted molar refractivity (Wildman–Crippen MR) is 156 cm³/mol. The van der Waals surface area contributed by atoms with Crippen molar-refractivity contribution < 1.29 is 9.59 Å². The average molecular weight is 553 g/mol. The van der Waals surface area contributed by atoms with Crippen molar-refractivity contribution in [1.29, 1.82) is 0 Å². The van der Waals surface area contributed by atoms with Crippen molar-refractivity contribution in [2.75, 3.05) is 38.0 Å². The maximum atomic E-state index is 12.8. The van der Waals surface area contributed by atoms with Gasteiger partial charge in [0.05, 0.1) is 11.2 Å². The minimum atomic E-state index is -0.946. The number of piperazine rings is 1. The smallest absolute Gasteiger partial charge is 0.338 e. The third kappa shape index (κ3) is 7.47. The van der Waals surface area contributed by atoms with Crippen molar-refractivity contribution in [3.05, 3.63) is 52.6 Å². The largest absolute Gasteiger partial charge is 0.354 e. The number of urea groups is 1. The second kappa shape index (κ2) is 12.9. The molecule has 1 saturated carbocycles. The van der Waals surface area contributed by atoms with E-state index >= 15 is 0 Å². The van der Waals surface area contributed by atoms with Gasteiger partial charge in [0.15, 0.2) is 0 Å². The number of nitrogens with one attached hydrogen (secondary N) is 1. The van der Waals surface area contributed by atoms with Crippen LogP contribution in [0.4, 0.5) is 10.6 Å². The first-order valence-corrected chi connectivity index (χ1v) is 14.4. The molecule has 1 aliphatic heterocycles. The van der Waals surface area contributed by atoms with Gasteiger partial charge in [-0.05, 0) is 76.3 Å². The number of nitrogens with two attached hydrogens (primary N) is 2. The van der Waals surface area contributed by atoms with Crippen LogP contribution in [0.15, 0.2) is 41.3 Å². The topological polar surface area (TPSA) is 143 Å². The number of hydrogen-bond donors (Lipinski definition) is 3. The Morgan fingerprint density at radius 1 is 1.02 bits per heavy atom. The highest BCUT2D eigenvalue weighted by atomic mass is 16.2. The monoisotopic (exact) mass is 552 g/mol. The lowest BCUT2D eigenvalue weighted by atomic mass is 9.90. The molecule has 0 bridgehead atoms. The summed E-state index contributed by atoms with van der Waals surface area (Å²) in [6, 6.07) is 10.1. The Hall–Kier alpha value is -3.28. The van der Waals surface area contributed by atoms with Crippen LogP contribution in [0.2, 0.25) is 0 Å². The van der Waals surface area contributed by atoms with Crippen LogP contribution in [0.25, 0.3) is 5.69 Å². The zero-order valence-corrected chi connectivity index (χ0v) is 24.0. The first-order chi connectivity index (χ1) is 19.0. The number of aromatic nitrogens is 2. The van der Waals surface area contributed by atoms with Gasteiger partial charge in [-0.15, -0.1) is 0 Å². The summed E-state index contributed by atoms with van der Waals surface area (Å²) in [6.45, 7) is 9.05. The lowest BCUT2D eigenvalue weighted by molar-refractivity contribution is -0.137. The van der Waals surface area contributed by atoms with Crippen LogP contribution in [-0.4, -0.2) is 86.5 Å². The van der Waals surface area contributed by atoms with E-state index in [1.165, 1.54) is 10.1 Å². The summed E-state index contributed by atoms with van der Waals surface area (Å²) < 4.78 is 1.46. The molecule has 1 aliphatic carbocycles. The highest BCUT2D eigenvalue weighted by molar-refractivity contribution is 5.89. The summed E-state index contributed by atoms with van der Waals surface area (Å²) in [5.74, 6) is 0.0467. The van der Waals surface area contributed by atoms with Gasteiger partial charge in [-0.3, -0.25) is 19.6 Å². The molecular formula is C29H44N8O3. The maximum Gasteiger partial charge on any atom is 0.354 e. The second-order valence-corrected chi connectivity index (χ2v) is 11.6. The van der Waals surface area contributed by atoms with Crippen LogP contribution in [0.5, 0.6) is 0 Å². The number of amides is 3. The molecule has 0 unspecified atom stereocenters. The van der Waals surface area contributed by atoms with Gasteiger partial charge in [-0.25, -0.2) is 9.59 Å². The zero-order valence-electron chi connectivity index (χ0n) is 24.0. The van der Waals surface area contributed by atoms with Crippen molar-refractivity contribution in [3.8, 4) is 5.69 Å². The van der Waals surface area contributed by atoms with Crippen molar-refractivity contribution >= 4 is 17.8 Å². The molecule has 3 amide bonds. The zero-order chi connectivity index (χ0) is 28.9. The third-order valence-corrected chi connectivity index (χ3v) is 7.81. The minimum absolute atomic E-state index is 0.140. The Morgan fingerprint density at radius 3 is 2.23 bits per heavy atom. The van der Waals surface area contributed by atoms with E-state index in [1.54, 1.807) is 35.9 Å². The van der Waals surface area contributed by atoms with Crippen LogP contribution < -0.4 is 22.5 Å². The fourth-order valence-electron chi connectivity index (χ4n) is 5.52. The van der Waals surface area contributed by atoms with E-state index in [9.17, 15) is 14.4 Å². The molecule has 1 saturated heterocycles. The van der Waals surface area contributed by atoms with Crippen molar-refractivity contribution in [1.82, 2.24) is 24.3 Å². The molecule has 4 rings (SSSR count). The fraction of sp³-hybridized carbons (Fsp3) is 0.586. The molecule has 218 valence electrons. The van der Waals surface area contributed by atoms with Crippen molar-refractivity contribution in [3.63, 3.8) is 0 Å². The van der Waals surface area contributed by atoms with E-state index in [-0.39, 0.29) is 17.8 Å². The number of benzene rings is 1. The van der Waals surface area contributed by atoms with E-state index in [0.717, 1.165) is 45.2 Å². The average Bonchev–Trinajstić information content (AvgIpc) is 2.93. The normalized spacial score (nSPS) is 20.1. The standard InChI is InChI=1S/C29H44N8O3/c1-4-14-36(23-11-7-22(30)8-12-23)20-21-5-9-24(10-6-21)37-15-13-25(33-28(37)40)32-27(39)35-18-16-34(17-19-35)26(38)29(2,3)31/h5-6,9-10,13,15,22-23H,4,7-8,11-12,14,16-20,30-31H2,1-3H3,(H,32,33,39,40)/t22-,23-. The number of carbonyl (C=O) groups is 2. The van der Waals surface area contributed by atoms with E-state index in [4.69, 9.17) is 11.5 Å². The summed E-state index contributed by atoms with van der Waals surface area (Å²) in [6.07, 6.45) is 7.18. The number of carbonyl (C=O) groups excluding carboxylic acids is 2. The van der Waals surface area contributed by atoms with Gasteiger partial charge >= 0.3 is 11.7 Å². The van der Waals surface area contributed by atoms with Crippen molar-refractivity contribution in [2.24, 2.45) is 11.5 Å². The van der Waals surface area contributed by atoms with Crippen LogP contribution in [0, 0.1) is 0 Å². The van der Waals surface area contributed by atoms with Gasteiger partial charge < -0.3 is 21.3 Å². The number of nitrogens with zero attached hydrogens (tertiary/aromatic N) is 5. The van der Waals surface area contributed by atoms with Crippen molar-refractivity contribution in [2.45, 2.75) is 77.0 Å². The summed E-state index contributed by atoms with van der Waals surface area (Å²) in [4.78, 5) is 47.8. The Morgan fingerprint density at radius 2 is 1.65 bits per heavy atom. The molecular weight excluding hydrogens is 508 g/mol. The lowest BCUT2D eigenvalue weighted by Crippen LogP contribution is -2.58. The minimum Gasteiger partial charge on any atom is -0.338 e. The predicted octanol–water partition coefficient (Wildman–Crippen LogP) is 2.13. The van der Waals surface area contributed by atoms with Crippen LogP contribution in [0.1, 0.15) is 58.4 Å². The Kier molecular flexibility index (Phi) is 9.60. The number of hydrogen-bond acceptors (Lipinski definition) is 7. The molecule has 2 fully saturated rings. The van der Waals surface area contributed by atoms with Crippen LogP contribution in [0.3, 0.4) is 0 Å². The molecule has 2 heterocycles. The van der Waals surface area contributed by atoms with Gasteiger partial charge in [0.1, 0.15) is 5.82 Å². The van der Waals surface area contributed by atoms with Gasteiger partial charge in [0.2, 0.25) is 5.91 Å². The van der Waals surface area contributed by atoms with Gasteiger partial charge in [0.25, 0.3) is 0 Å². The summed E-state index contributed by atoms with van der Waals surface area (Å²) in [5.41, 5.74) is 12.5. The van der Waals surface area contributed by atoms with E-state index in [2.05, 4.69) is 34.3 Å². The van der Waals surface area contributed by atoms with Crippen LogP contribution in [-0.2, 0) is 11.3 Å². The molecule has 2 aromatic rings. The molecule has 1 aromatic carbocycles. The molecule has 0 spiro atoms. The number of anilines is 1. The van der Waals surface area contributed by atoms with E-state index in [0.29, 0.717) is 44.0 Å². The summed E-state index contributed by atoms with van der Waals surface area (Å²) in [5, 5.41) is 2.70. The lowest BCUT2D eigenvalue weighted by Gasteiger charge is -2.37. The molecule has 2 aliphatic rings.